The van der Waals surface area contributed by atoms with Gasteiger partial charge in [-0.25, -0.2) is 17.6 Å². The second-order valence-electron chi connectivity index (χ2n) is 4.29. The van der Waals surface area contributed by atoms with Gasteiger partial charge in [-0.1, -0.05) is 0 Å². The van der Waals surface area contributed by atoms with Gasteiger partial charge < -0.3 is 5.32 Å². The Labute approximate surface area is 111 Å². The number of nitriles is 1. The maximum atomic E-state index is 13.4. The molecule has 0 saturated heterocycles. The Morgan fingerprint density at radius 2 is 1.90 bits per heavy atom. The molecule has 0 aromatic heterocycles. The zero-order chi connectivity index (χ0) is 14.9. The van der Waals surface area contributed by atoms with Crippen LogP contribution in [0.25, 0.3) is 0 Å². The molecule has 1 aromatic carbocycles. The fourth-order valence-electron chi connectivity index (χ4n) is 1.48. The summed E-state index contributed by atoms with van der Waals surface area (Å²) in [5.41, 5.74) is -1.53. The number of nitrogens with one attached hydrogen (secondary N) is 1. The van der Waals surface area contributed by atoms with Crippen LogP contribution >= 0.6 is 0 Å². The summed E-state index contributed by atoms with van der Waals surface area (Å²) >= 11 is 0. The monoisotopic (exact) mass is 284 g/mol. The molecule has 0 heterocycles. The van der Waals surface area contributed by atoms with E-state index in [-0.39, 0.29) is 12.1 Å². The number of carbonyl (C=O) groups excluding carboxylic acids is 1. The number of rotatable bonds is 4. The summed E-state index contributed by atoms with van der Waals surface area (Å²) in [6, 6.07) is 1.88. The molecule has 0 spiro atoms. The third-order valence-corrected chi connectivity index (χ3v) is 2.75. The lowest BCUT2D eigenvalue weighted by atomic mass is 10.0. The SMILES string of the molecule is N#C/C(=C/NC1CC1)C(=O)c1cc(F)c(F)c(F)c1F. The van der Waals surface area contributed by atoms with Gasteiger partial charge in [-0.2, -0.15) is 5.26 Å². The molecule has 20 heavy (non-hydrogen) atoms. The average Bonchev–Trinajstić information content (AvgIpc) is 3.25. The van der Waals surface area contributed by atoms with Crippen molar-refractivity contribution in [1.82, 2.24) is 5.32 Å². The molecule has 2 rings (SSSR count). The van der Waals surface area contributed by atoms with Crippen LogP contribution in [-0.2, 0) is 0 Å². The van der Waals surface area contributed by atoms with Crippen molar-refractivity contribution in [2.24, 2.45) is 0 Å². The molecule has 1 aromatic rings. The second kappa shape index (κ2) is 5.33. The first-order valence-electron chi connectivity index (χ1n) is 5.69. The molecule has 1 fully saturated rings. The molecule has 0 unspecified atom stereocenters. The summed E-state index contributed by atoms with van der Waals surface area (Å²) in [7, 11) is 0. The second-order valence-corrected chi connectivity index (χ2v) is 4.29. The van der Waals surface area contributed by atoms with Gasteiger partial charge in [-0.15, -0.1) is 0 Å². The number of ketones is 1. The van der Waals surface area contributed by atoms with Crippen molar-refractivity contribution in [2.75, 3.05) is 0 Å². The Bertz CT molecular complexity index is 645. The summed E-state index contributed by atoms with van der Waals surface area (Å²) in [6.45, 7) is 0. The lowest BCUT2D eigenvalue weighted by Crippen LogP contribution is -2.14. The maximum absolute atomic E-state index is 13.4. The average molecular weight is 284 g/mol. The van der Waals surface area contributed by atoms with Crippen molar-refractivity contribution < 1.29 is 22.4 Å². The van der Waals surface area contributed by atoms with Crippen LogP contribution in [0.1, 0.15) is 23.2 Å². The standard InChI is InChI=1S/C13H8F4N2O/c14-9-3-8(10(15)12(17)11(9)16)13(20)6(4-18)5-19-7-1-2-7/h3,5,7,19H,1-2H2/b6-5-. The van der Waals surface area contributed by atoms with Gasteiger partial charge in [0.05, 0.1) is 5.56 Å². The first-order chi connectivity index (χ1) is 9.45. The number of Topliss-reactive ketones (excluding diaryl/α,β-unsaturated/α-hetero) is 1. The van der Waals surface area contributed by atoms with E-state index < -0.39 is 40.2 Å². The van der Waals surface area contributed by atoms with Crippen molar-refractivity contribution in [3.63, 3.8) is 0 Å². The van der Waals surface area contributed by atoms with Crippen molar-refractivity contribution in [2.45, 2.75) is 18.9 Å². The number of hydrogen-bond acceptors (Lipinski definition) is 3. The Morgan fingerprint density at radius 1 is 1.25 bits per heavy atom. The highest BCUT2D eigenvalue weighted by Gasteiger charge is 2.26. The molecule has 7 heteroatoms. The Hall–Kier alpha value is -2.36. The number of nitrogens with zero attached hydrogens (tertiary/aromatic N) is 1. The van der Waals surface area contributed by atoms with Gasteiger partial charge in [0.25, 0.3) is 0 Å². The van der Waals surface area contributed by atoms with Crippen molar-refractivity contribution in [3.8, 4) is 6.07 Å². The van der Waals surface area contributed by atoms with E-state index in [0.29, 0.717) is 0 Å². The minimum atomic E-state index is -2.08. The molecule has 104 valence electrons. The van der Waals surface area contributed by atoms with E-state index in [1.807, 2.05) is 0 Å². The molecule has 0 aliphatic heterocycles. The zero-order valence-electron chi connectivity index (χ0n) is 10.0. The van der Waals surface area contributed by atoms with Crippen LogP contribution in [0, 0.1) is 34.6 Å². The molecule has 3 nitrogen and oxygen atoms in total. The highest BCUT2D eigenvalue weighted by molar-refractivity contribution is 6.11. The number of allylic oxidation sites excluding steroid dienone is 1. The van der Waals surface area contributed by atoms with Gasteiger partial charge in [0, 0.05) is 12.2 Å². The lowest BCUT2D eigenvalue weighted by Gasteiger charge is -2.05. The summed E-state index contributed by atoms with van der Waals surface area (Å²) in [5, 5.41) is 11.5. The molecule has 1 aliphatic carbocycles. The van der Waals surface area contributed by atoms with Crippen molar-refractivity contribution >= 4 is 5.78 Å². The van der Waals surface area contributed by atoms with Crippen LogP contribution in [0.2, 0.25) is 0 Å². The topological polar surface area (TPSA) is 52.9 Å². The van der Waals surface area contributed by atoms with E-state index in [2.05, 4.69) is 5.32 Å². The Morgan fingerprint density at radius 3 is 2.45 bits per heavy atom. The fraction of sp³-hybridized carbons (Fsp3) is 0.231. The first kappa shape index (κ1) is 14.1. The van der Waals surface area contributed by atoms with Gasteiger partial charge in [0.1, 0.15) is 11.6 Å². The quantitative estimate of drug-likeness (QED) is 0.231. The van der Waals surface area contributed by atoms with Crippen LogP contribution in [-0.4, -0.2) is 11.8 Å². The molecule has 1 aliphatic rings. The fourth-order valence-corrected chi connectivity index (χ4v) is 1.48. The predicted octanol–water partition coefficient (Wildman–Crippen LogP) is 2.59. The van der Waals surface area contributed by atoms with Crippen molar-refractivity contribution in [3.05, 3.63) is 46.7 Å². The molecule has 1 N–H and O–H groups in total. The molecule has 0 radical (unpaired) electrons. The van der Waals surface area contributed by atoms with Gasteiger partial charge in [0.15, 0.2) is 23.3 Å². The minimum Gasteiger partial charge on any atom is -0.387 e. The largest absolute Gasteiger partial charge is 0.387 e. The maximum Gasteiger partial charge on any atom is 0.208 e. The highest BCUT2D eigenvalue weighted by Crippen LogP contribution is 2.22. The van der Waals surface area contributed by atoms with E-state index in [1.54, 1.807) is 0 Å². The van der Waals surface area contributed by atoms with Crippen LogP contribution < -0.4 is 5.32 Å². The number of halogens is 4. The van der Waals surface area contributed by atoms with Gasteiger partial charge >= 0.3 is 0 Å². The third kappa shape index (κ3) is 2.64. The van der Waals surface area contributed by atoms with Crippen molar-refractivity contribution in [1.29, 1.82) is 5.26 Å². The molecule has 0 bridgehead atoms. The molecule has 0 amide bonds. The van der Waals surface area contributed by atoms with Crippen LogP contribution in [0.15, 0.2) is 17.8 Å². The van der Waals surface area contributed by atoms with E-state index in [4.69, 9.17) is 5.26 Å². The predicted molar refractivity (Wildman–Crippen MR) is 60.5 cm³/mol. The van der Waals surface area contributed by atoms with Gasteiger partial charge in [-0.3, -0.25) is 4.79 Å². The Kier molecular flexibility index (Phi) is 3.74. The van der Waals surface area contributed by atoms with E-state index in [1.165, 1.54) is 6.07 Å². The van der Waals surface area contributed by atoms with Crippen LogP contribution in [0.3, 0.4) is 0 Å². The minimum absolute atomic E-state index is 0.137. The van der Waals surface area contributed by atoms with E-state index in [9.17, 15) is 22.4 Å². The van der Waals surface area contributed by atoms with Crippen LogP contribution in [0.5, 0.6) is 0 Å². The number of benzene rings is 1. The normalized spacial score (nSPS) is 14.8. The molecular formula is C13H8F4N2O. The molecular weight excluding hydrogens is 276 g/mol. The molecule has 1 saturated carbocycles. The van der Waals surface area contributed by atoms with E-state index >= 15 is 0 Å². The van der Waals surface area contributed by atoms with Gasteiger partial charge in [0.2, 0.25) is 5.78 Å². The van der Waals surface area contributed by atoms with Gasteiger partial charge in [-0.05, 0) is 18.9 Å². The summed E-state index contributed by atoms with van der Waals surface area (Å²) < 4.78 is 52.3. The Balaban J connectivity index is 2.37. The number of hydrogen-bond donors (Lipinski definition) is 1. The summed E-state index contributed by atoms with van der Waals surface area (Å²) in [6.07, 6.45) is 2.81. The highest BCUT2D eigenvalue weighted by atomic mass is 19.2. The number of carbonyl (C=O) groups is 1. The summed E-state index contributed by atoms with van der Waals surface area (Å²) in [4.78, 5) is 11.8. The lowest BCUT2D eigenvalue weighted by molar-refractivity contribution is 0.103. The smallest absolute Gasteiger partial charge is 0.208 e. The van der Waals surface area contributed by atoms with Crippen LogP contribution in [0.4, 0.5) is 17.6 Å². The molecule has 0 atom stereocenters. The zero-order valence-corrected chi connectivity index (χ0v) is 10.0. The van der Waals surface area contributed by atoms with E-state index in [0.717, 1.165) is 19.0 Å². The first-order valence-corrected chi connectivity index (χ1v) is 5.69. The summed E-state index contributed by atoms with van der Waals surface area (Å²) in [5.74, 6) is -8.81. The third-order valence-electron chi connectivity index (χ3n) is 2.75.